The summed E-state index contributed by atoms with van der Waals surface area (Å²) in [5.41, 5.74) is 7.82. The number of nitrogens with zero attached hydrogens (tertiary/aromatic N) is 3. The highest BCUT2D eigenvalue weighted by Gasteiger charge is 2.15. The van der Waals surface area contributed by atoms with Crippen molar-refractivity contribution in [2.75, 3.05) is 44.8 Å². The van der Waals surface area contributed by atoms with Gasteiger partial charge >= 0.3 is 0 Å². The Morgan fingerprint density at radius 2 is 2.03 bits per heavy atom. The third kappa shape index (κ3) is 7.32. The summed E-state index contributed by atoms with van der Waals surface area (Å²) in [4.78, 5) is 19.5. The molecule has 1 saturated heterocycles. The number of carbonyl (C=O) groups is 1. The van der Waals surface area contributed by atoms with Crippen LogP contribution in [0.3, 0.4) is 0 Å². The van der Waals surface area contributed by atoms with Crippen LogP contribution >= 0.6 is 11.6 Å². The largest absolute Gasteiger partial charge is 0.492 e. The number of anilines is 1. The van der Waals surface area contributed by atoms with Crippen molar-refractivity contribution in [3.05, 3.63) is 64.8 Å². The number of carbonyl (C=O) groups excluding carboxylic acids is 1. The van der Waals surface area contributed by atoms with Crippen LogP contribution in [0.4, 0.5) is 11.4 Å². The number of rotatable bonds is 9. The van der Waals surface area contributed by atoms with Gasteiger partial charge in [0.15, 0.2) is 0 Å². The first-order chi connectivity index (χ1) is 16.5. The van der Waals surface area contributed by atoms with Crippen molar-refractivity contribution in [1.29, 1.82) is 5.26 Å². The van der Waals surface area contributed by atoms with E-state index in [1.165, 1.54) is 6.20 Å². The van der Waals surface area contributed by atoms with Crippen LogP contribution < -0.4 is 15.8 Å². The van der Waals surface area contributed by atoms with E-state index in [4.69, 9.17) is 26.8 Å². The summed E-state index contributed by atoms with van der Waals surface area (Å²) in [5, 5.41) is 12.9. The van der Waals surface area contributed by atoms with E-state index in [1.54, 1.807) is 49.4 Å². The molecule has 1 fully saturated rings. The fourth-order valence-corrected chi connectivity index (χ4v) is 3.57. The molecule has 0 saturated carbocycles. The Bertz CT molecular complexity index is 1090. The van der Waals surface area contributed by atoms with Gasteiger partial charge in [-0.2, -0.15) is 5.26 Å². The Morgan fingerprint density at radius 3 is 2.71 bits per heavy atom. The number of hydrogen-bond acceptors (Lipinski definition) is 7. The predicted molar refractivity (Wildman–Crippen MR) is 134 cm³/mol. The summed E-state index contributed by atoms with van der Waals surface area (Å²) in [6, 6.07) is 14.0. The number of aliphatic imine (C=N–C) groups is 1. The molecule has 1 aliphatic rings. The van der Waals surface area contributed by atoms with Gasteiger partial charge in [-0.15, -0.1) is 0 Å². The molecular weight excluding hydrogens is 454 g/mol. The van der Waals surface area contributed by atoms with Gasteiger partial charge in [-0.05, 0) is 55.8 Å². The average Bonchev–Trinajstić information content (AvgIpc) is 2.85. The van der Waals surface area contributed by atoms with Gasteiger partial charge in [-0.1, -0.05) is 11.6 Å². The number of morpholine rings is 1. The molecule has 8 nitrogen and oxygen atoms in total. The lowest BCUT2D eigenvalue weighted by atomic mass is 10.1. The monoisotopic (exact) mass is 481 g/mol. The third-order valence-corrected chi connectivity index (χ3v) is 5.51. The van der Waals surface area contributed by atoms with Crippen LogP contribution in [0, 0.1) is 11.3 Å². The zero-order valence-corrected chi connectivity index (χ0v) is 19.8. The molecule has 0 atom stereocenters. The van der Waals surface area contributed by atoms with Gasteiger partial charge < -0.3 is 20.5 Å². The minimum absolute atomic E-state index is 0.219. The first-order valence-electron chi connectivity index (χ1n) is 11.0. The fraction of sp³-hybridized carbons (Fsp3) is 0.320. The van der Waals surface area contributed by atoms with E-state index in [0.29, 0.717) is 40.0 Å². The number of nitriles is 1. The second-order valence-electron chi connectivity index (χ2n) is 7.69. The molecule has 178 valence electrons. The van der Waals surface area contributed by atoms with Crippen LogP contribution in [0.25, 0.3) is 0 Å². The maximum absolute atomic E-state index is 12.8. The number of nitrogens with one attached hydrogen (secondary N) is 1. The van der Waals surface area contributed by atoms with E-state index in [2.05, 4.69) is 21.3 Å². The van der Waals surface area contributed by atoms with E-state index in [1.807, 2.05) is 0 Å². The minimum atomic E-state index is -0.430. The van der Waals surface area contributed by atoms with E-state index in [9.17, 15) is 10.1 Å². The molecule has 0 radical (unpaired) electrons. The molecule has 3 rings (SSSR count). The highest BCUT2D eigenvalue weighted by molar-refractivity contribution is 6.30. The summed E-state index contributed by atoms with van der Waals surface area (Å²) in [6.45, 7) is 6.51. The molecule has 2 aromatic carbocycles. The minimum Gasteiger partial charge on any atom is -0.492 e. The highest BCUT2D eigenvalue weighted by atomic mass is 35.5. The van der Waals surface area contributed by atoms with Crippen molar-refractivity contribution in [2.24, 2.45) is 10.7 Å². The summed E-state index contributed by atoms with van der Waals surface area (Å²) in [6.07, 6.45) is 2.06. The van der Waals surface area contributed by atoms with Crippen LogP contribution in [0.2, 0.25) is 5.02 Å². The van der Waals surface area contributed by atoms with E-state index < -0.39 is 5.91 Å². The number of ether oxygens (including phenoxy) is 2. The van der Waals surface area contributed by atoms with Crippen molar-refractivity contribution in [1.82, 2.24) is 4.90 Å². The third-order valence-electron chi connectivity index (χ3n) is 5.26. The second-order valence-corrected chi connectivity index (χ2v) is 8.12. The van der Waals surface area contributed by atoms with Gasteiger partial charge in [0.25, 0.3) is 5.91 Å². The van der Waals surface area contributed by atoms with E-state index >= 15 is 0 Å². The number of halogens is 1. The van der Waals surface area contributed by atoms with Crippen molar-refractivity contribution in [3.63, 3.8) is 0 Å². The Hall–Kier alpha value is -3.38. The maximum Gasteiger partial charge on any atom is 0.258 e. The molecule has 0 bridgehead atoms. The molecule has 2 aromatic rings. The van der Waals surface area contributed by atoms with Crippen LogP contribution in [0.1, 0.15) is 18.9 Å². The molecule has 34 heavy (non-hydrogen) atoms. The molecule has 0 aromatic heterocycles. The zero-order chi connectivity index (χ0) is 24.3. The normalized spacial score (nSPS) is 15.0. The van der Waals surface area contributed by atoms with Crippen molar-refractivity contribution in [3.8, 4) is 11.8 Å². The van der Waals surface area contributed by atoms with Crippen LogP contribution in [0.15, 0.2) is 59.2 Å². The van der Waals surface area contributed by atoms with E-state index in [0.717, 1.165) is 39.3 Å². The summed E-state index contributed by atoms with van der Waals surface area (Å²) in [5.74, 6) is 0.0540. The molecule has 0 unspecified atom stereocenters. The number of hydrogen-bond donors (Lipinski definition) is 2. The zero-order valence-electron chi connectivity index (χ0n) is 19.1. The average molecular weight is 482 g/mol. The van der Waals surface area contributed by atoms with Crippen molar-refractivity contribution in [2.45, 2.75) is 13.3 Å². The molecule has 9 heteroatoms. The summed E-state index contributed by atoms with van der Waals surface area (Å²) < 4.78 is 11.2. The number of benzene rings is 2. The Balaban J connectivity index is 1.59. The summed E-state index contributed by atoms with van der Waals surface area (Å²) in [7, 11) is 0. The predicted octanol–water partition coefficient (Wildman–Crippen LogP) is 3.89. The van der Waals surface area contributed by atoms with Crippen molar-refractivity contribution >= 4 is 34.6 Å². The molecule has 0 spiro atoms. The van der Waals surface area contributed by atoms with Gasteiger partial charge in [0, 0.05) is 36.5 Å². The van der Waals surface area contributed by atoms with Crippen LogP contribution in [-0.2, 0) is 9.53 Å². The van der Waals surface area contributed by atoms with E-state index in [-0.39, 0.29) is 5.57 Å². The Morgan fingerprint density at radius 1 is 1.29 bits per heavy atom. The van der Waals surface area contributed by atoms with Crippen LogP contribution in [0.5, 0.6) is 5.75 Å². The Labute approximate surface area is 204 Å². The second kappa shape index (κ2) is 12.8. The molecular formula is C25H28ClN5O3. The fourth-order valence-electron chi connectivity index (χ4n) is 3.44. The van der Waals surface area contributed by atoms with Gasteiger partial charge in [-0.25, -0.2) is 0 Å². The van der Waals surface area contributed by atoms with Gasteiger partial charge in [0.05, 0.1) is 42.4 Å². The van der Waals surface area contributed by atoms with Crippen LogP contribution in [-0.4, -0.2) is 56.0 Å². The van der Waals surface area contributed by atoms with Crippen molar-refractivity contribution < 1.29 is 14.3 Å². The maximum atomic E-state index is 12.8. The quantitative estimate of drug-likeness (QED) is 0.319. The molecule has 1 aliphatic heterocycles. The standard InChI is InChI=1S/C25H28ClN5O3/c1-18(29-21-5-3-20(26)4-6-21)23(17-28)25(32)30-22-7-8-24(19(15-22)16-27)34-12-2-9-31-10-13-33-14-11-31/h3-8,15,17H,2,9-14,28H2,1H3,(H,30,32). The van der Waals surface area contributed by atoms with Gasteiger partial charge in [0.2, 0.25) is 0 Å². The lowest BCUT2D eigenvalue weighted by Crippen LogP contribution is -2.37. The lowest BCUT2D eigenvalue weighted by Gasteiger charge is -2.26. The smallest absolute Gasteiger partial charge is 0.258 e. The number of nitrogens with two attached hydrogens (primary N) is 1. The lowest BCUT2D eigenvalue weighted by molar-refractivity contribution is -0.112. The van der Waals surface area contributed by atoms with Gasteiger partial charge in [-0.3, -0.25) is 14.7 Å². The van der Waals surface area contributed by atoms with Gasteiger partial charge in [0.1, 0.15) is 11.8 Å². The first-order valence-corrected chi connectivity index (χ1v) is 11.4. The SMILES string of the molecule is CC(=Nc1ccc(Cl)cc1)C(=CN)C(=O)Nc1ccc(OCCCN2CCOCC2)c(C#N)c1. The summed E-state index contributed by atoms with van der Waals surface area (Å²) >= 11 is 5.90. The number of amides is 1. The molecule has 0 aliphatic carbocycles. The molecule has 1 heterocycles. The topological polar surface area (TPSA) is 113 Å². The highest BCUT2D eigenvalue weighted by Crippen LogP contribution is 2.23. The first kappa shape index (κ1) is 25.2. The molecule has 3 N–H and O–H groups in total. The Kier molecular flexibility index (Phi) is 9.47. The molecule has 1 amide bonds.